The van der Waals surface area contributed by atoms with Gasteiger partial charge in [0.2, 0.25) is 5.91 Å². The minimum absolute atomic E-state index is 0.0465. The zero-order chi connectivity index (χ0) is 25.3. The Morgan fingerprint density at radius 1 is 0.972 bits per heavy atom. The second kappa shape index (κ2) is 13.0. The fourth-order valence-electron chi connectivity index (χ4n) is 5.60. The summed E-state index contributed by atoms with van der Waals surface area (Å²) in [5, 5.41) is 3.24. The Morgan fingerprint density at radius 3 is 2.42 bits per heavy atom. The molecule has 1 fully saturated rings. The van der Waals surface area contributed by atoms with Gasteiger partial charge in [0.25, 0.3) is 0 Å². The predicted octanol–water partition coefficient (Wildman–Crippen LogP) is 6.09. The van der Waals surface area contributed by atoms with Crippen LogP contribution in [0.3, 0.4) is 0 Å². The molecule has 36 heavy (non-hydrogen) atoms. The van der Waals surface area contributed by atoms with Crippen molar-refractivity contribution < 1.29 is 9.59 Å². The first kappa shape index (κ1) is 26.3. The fourth-order valence-corrected chi connectivity index (χ4v) is 5.60. The van der Waals surface area contributed by atoms with Crippen molar-refractivity contribution in [3.63, 3.8) is 0 Å². The summed E-state index contributed by atoms with van der Waals surface area (Å²) in [5.74, 6) is 1.18. The summed E-state index contributed by atoms with van der Waals surface area (Å²) in [5.41, 5.74) is 4.77. The number of ketones is 1. The second-order valence-corrected chi connectivity index (χ2v) is 10.9. The highest BCUT2D eigenvalue weighted by atomic mass is 16.1. The lowest BCUT2D eigenvalue weighted by Gasteiger charge is -2.30. The lowest BCUT2D eigenvalue weighted by Crippen LogP contribution is -2.38. The largest absolute Gasteiger partial charge is 0.353 e. The first-order chi connectivity index (χ1) is 17.5. The third kappa shape index (κ3) is 7.64. The van der Waals surface area contributed by atoms with Gasteiger partial charge in [-0.25, -0.2) is 0 Å². The highest BCUT2D eigenvalue weighted by Gasteiger charge is 2.23. The molecule has 0 aromatic heterocycles. The van der Waals surface area contributed by atoms with Crippen LogP contribution >= 0.6 is 0 Å². The summed E-state index contributed by atoms with van der Waals surface area (Å²) in [6.45, 7) is 7.28. The van der Waals surface area contributed by atoms with Gasteiger partial charge < -0.3 is 10.2 Å². The monoisotopic (exact) mass is 486 g/mol. The van der Waals surface area contributed by atoms with Crippen LogP contribution in [0.2, 0.25) is 0 Å². The zero-order valence-corrected chi connectivity index (χ0v) is 22.0. The highest BCUT2D eigenvalue weighted by molar-refractivity contribution is 5.97. The number of hydrogen-bond acceptors (Lipinski definition) is 3. The Bertz CT molecular complexity index is 1040. The maximum absolute atomic E-state index is 12.4. The van der Waals surface area contributed by atoms with Crippen molar-refractivity contribution in [1.82, 2.24) is 10.2 Å². The molecular weight excluding hydrogens is 444 g/mol. The van der Waals surface area contributed by atoms with Crippen molar-refractivity contribution >= 4 is 17.8 Å². The number of fused-ring (bicyclic) bond motifs is 1. The van der Waals surface area contributed by atoms with E-state index in [4.69, 9.17) is 0 Å². The van der Waals surface area contributed by atoms with E-state index in [2.05, 4.69) is 22.3 Å². The summed E-state index contributed by atoms with van der Waals surface area (Å²) in [6.07, 6.45) is 12.4. The Labute approximate surface area is 217 Å². The van der Waals surface area contributed by atoms with Crippen LogP contribution in [0.5, 0.6) is 0 Å². The van der Waals surface area contributed by atoms with Crippen molar-refractivity contribution in [2.75, 3.05) is 19.6 Å². The van der Waals surface area contributed by atoms with Crippen molar-refractivity contribution in [2.24, 2.45) is 11.8 Å². The van der Waals surface area contributed by atoms with Crippen molar-refractivity contribution in [3.8, 4) is 0 Å². The molecular formula is C32H42N2O2. The molecule has 1 saturated carbocycles. The number of benzene rings is 2. The third-order valence-corrected chi connectivity index (χ3v) is 7.89. The van der Waals surface area contributed by atoms with Crippen LogP contribution in [-0.4, -0.2) is 42.3 Å². The number of Topliss-reactive ketones (excluding diaryl/α,β-unsaturated/α-hetero) is 1. The van der Waals surface area contributed by atoms with E-state index in [1.165, 1.54) is 30.4 Å². The lowest BCUT2D eigenvalue weighted by atomic mass is 9.84. The standard InChI is InChI=1S/C32H42N2O2/c1-24(2)32(36)29-14-13-27-18-21-34(22-19-28(27)23-29)20-17-26-11-15-30(16-12-26)33-31(35)10-6-9-25-7-4-3-5-8-25/h3-9,13-14,23-24,26,30H,10-12,15-22H2,1-2H3,(H,33,35)/b9-6+. The van der Waals surface area contributed by atoms with Gasteiger partial charge in [0, 0.05) is 37.0 Å². The molecule has 0 saturated heterocycles. The highest BCUT2D eigenvalue weighted by Crippen LogP contribution is 2.28. The minimum Gasteiger partial charge on any atom is -0.353 e. The van der Waals surface area contributed by atoms with Gasteiger partial charge in [-0.05, 0) is 80.2 Å². The van der Waals surface area contributed by atoms with E-state index in [-0.39, 0.29) is 17.6 Å². The van der Waals surface area contributed by atoms with E-state index >= 15 is 0 Å². The van der Waals surface area contributed by atoms with Gasteiger partial charge in [-0.15, -0.1) is 0 Å². The first-order valence-corrected chi connectivity index (χ1v) is 13.9. The maximum Gasteiger partial charge on any atom is 0.224 e. The van der Waals surface area contributed by atoms with Crippen molar-refractivity contribution in [2.45, 2.75) is 71.3 Å². The molecule has 0 spiro atoms. The number of rotatable bonds is 9. The third-order valence-electron chi connectivity index (χ3n) is 7.89. The van der Waals surface area contributed by atoms with E-state index in [0.717, 1.165) is 62.4 Å². The van der Waals surface area contributed by atoms with Crippen LogP contribution in [0, 0.1) is 11.8 Å². The molecule has 2 aliphatic rings. The van der Waals surface area contributed by atoms with Crippen molar-refractivity contribution in [1.29, 1.82) is 0 Å². The molecule has 1 heterocycles. The molecule has 192 valence electrons. The Balaban J connectivity index is 1.15. The normalized spacial score (nSPS) is 20.8. The molecule has 2 aromatic rings. The predicted molar refractivity (Wildman–Crippen MR) is 148 cm³/mol. The van der Waals surface area contributed by atoms with Crippen LogP contribution in [-0.2, 0) is 17.6 Å². The van der Waals surface area contributed by atoms with Gasteiger partial charge in [0.15, 0.2) is 5.78 Å². The van der Waals surface area contributed by atoms with Crippen LogP contribution in [0.25, 0.3) is 6.08 Å². The van der Waals surface area contributed by atoms with Gasteiger partial charge in [-0.1, -0.05) is 68.5 Å². The van der Waals surface area contributed by atoms with Crippen LogP contribution in [0.1, 0.15) is 79.4 Å². The molecule has 0 unspecified atom stereocenters. The molecule has 1 aliphatic heterocycles. The number of carbonyl (C=O) groups excluding carboxylic acids is 2. The second-order valence-electron chi connectivity index (χ2n) is 10.9. The molecule has 0 radical (unpaired) electrons. The van der Waals surface area contributed by atoms with Gasteiger partial charge in [-0.3, -0.25) is 9.59 Å². The van der Waals surface area contributed by atoms with E-state index < -0.39 is 0 Å². The number of hydrogen-bond donors (Lipinski definition) is 1. The molecule has 0 bridgehead atoms. The van der Waals surface area contributed by atoms with E-state index in [0.29, 0.717) is 12.5 Å². The Kier molecular flexibility index (Phi) is 9.52. The molecule has 4 rings (SSSR count). The summed E-state index contributed by atoms with van der Waals surface area (Å²) in [6, 6.07) is 16.8. The fraction of sp³-hybridized carbons (Fsp3) is 0.500. The summed E-state index contributed by atoms with van der Waals surface area (Å²) in [4.78, 5) is 27.4. The molecule has 0 atom stereocenters. The SMILES string of the molecule is CC(C)C(=O)c1ccc2c(c1)CCN(CCC1CCC(NC(=O)C/C=C/c3ccccc3)CC1)CC2. The molecule has 1 amide bonds. The molecule has 1 aliphatic carbocycles. The van der Waals surface area contributed by atoms with Crippen molar-refractivity contribution in [3.05, 3.63) is 76.9 Å². The van der Waals surface area contributed by atoms with Gasteiger partial charge >= 0.3 is 0 Å². The Hall–Kier alpha value is -2.72. The number of nitrogens with one attached hydrogen (secondary N) is 1. The molecule has 4 nitrogen and oxygen atoms in total. The first-order valence-electron chi connectivity index (χ1n) is 13.9. The van der Waals surface area contributed by atoms with Crippen LogP contribution in [0.4, 0.5) is 0 Å². The van der Waals surface area contributed by atoms with Crippen LogP contribution in [0.15, 0.2) is 54.6 Å². The molecule has 1 N–H and O–H groups in total. The molecule has 2 aromatic carbocycles. The van der Waals surface area contributed by atoms with E-state index in [1.807, 2.05) is 62.4 Å². The van der Waals surface area contributed by atoms with Gasteiger partial charge in [0.1, 0.15) is 0 Å². The topological polar surface area (TPSA) is 49.4 Å². The average molecular weight is 487 g/mol. The van der Waals surface area contributed by atoms with E-state index in [1.54, 1.807) is 0 Å². The van der Waals surface area contributed by atoms with Gasteiger partial charge in [0.05, 0.1) is 0 Å². The summed E-state index contributed by atoms with van der Waals surface area (Å²) < 4.78 is 0. The Morgan fingerprint density at radius 2 is 1.69 bits per heavy atom. The summed E-state index contributed by atoms with van der Waals surface area (Å²) >= 11 is 0. The number of amides is 1. The molecule has 4 heteroatoms. The number of carbonyl (C=O) groups is 2. The zero-order valence-electron chi connectivity index (χ0n) is 22.0. The van der Waals surface area contributed by atoms with Gasteiger partial charge in [-0.2, -0.15) is 0 Å². The lowest BCUT2D eigenvalue weighted by molar-refractivity contribution is -0.121. The summed E-state index contributed by atoms with van der Waals surface area (Å²) in [7, 11) is 0. The maximum atomic E-state index is 12.4. The minimum atomic E-state index is 0.0465. The quantitative estimate of drug-likeness (QED) is 0.436. The smallest absolute Gasteiger partial charge is 0.224 e. The average Bonchev–Trinajstić information content (AvgIpc) is 3.10. The number of nitrogens with zero attached hydrogens (tertiary/aromatic N) is 1. The van der Waals surface area contributed by atoms with E-state index in [9.17, 15) is 9.59 Å². The van der Waals surface area contributed by atoms with Crippen LogP contribution < -0.4 is 5.32 Å².